The quantitative estimate of drug-likeness (QED) is 0.177. The minimum atomic E-state index is 0.227. The van der Waals surface area contributed by atoms with Crippen molar-refractivity contribution in [2.75, 3.05) is 20.2 Å². The summed E-state index contributed by atoms with van der Waals surface area (Å²) in [6, 6.07) is 19.3. The third kappa shape index (κ3) is 9.25. The molecule has 0 spiro atoms. The van der Waals surface area contributed by atoms with E-state index >= 15 is 0 Å². The van der Waals surface area contributed by atoms with Gasteiger partial charge in [0.05, 0.1) is 6.61 Å². The second-order valence-corrected chi connectivity index (χ2v) is 11.6. The van der Waals surface area contributed by atoms with Crippen molar-refractivity contribution in [2.24, 2.45) is 5.92 Å². The highest BCUT2D eigenvalue weighted by Crippen LogP contribution is 2.33. The molecule has 0 aliphatic heterocycles. The summed E-state index contributed by atoms with van der Waals surface area (Å²) in [5.74, 6) is 1.77. The molecule has 1 aromatic heterocycles. The first-order chi connectivity index (χ1) is 18.4. The summed E-state index contributed by atoms with van der Waals surface area (Å²) in [5, 5.41) is 5.31. The first kappa shape index (κ1) is 29.9. The Morgan fingerprint density at radius 2 is 1.82 bits per heavy atom. The highest BCUT2D eigenvalue weighted by Gasteiger charge is 2.18. The zero-order valence-corrected chi connectivity index (χ0v) is 24.5. The standard InChI is InChI=1S/C34H45NO2S/c1-6-7-9-28(19-20-35-5)24-37-27(4)34-22-30(29-14-11-25(2)12-15-29)16-18-33(34)26(3)13-17-31(36)23-32-10-8-21-38-32/h8,10-12,14-16,18,21-22,26,28,35H,4,6-7,9,13,17,19-20,23-24H2,1-3,5H3. The van der Waals surface area contributed by atoms with Crippen molar-refractivity contribution in [3.63, 3.8) is 0 Å². The normalized spacial score (nSPS) is 12.7. The first-order valence-electron chi connectivity index (χ1n) is 14.1. The molecule has 3 nitrogen and oxygen atoms in total. The smallest absolute Gasteiger partial charge is 0.138 e. The van der Waals surface area contributed by atoms with Gasteiger partial charge in [0.2, 0.25) is 0 Å². The Bertz CT molecular complexity index is 1130. The van der Waals surface area contributed by atoms with Gasteiger partial charge in [-0.25, -0.2) is 0 Å². The second-order valence-electron chi connectivity index (χ2n) is 10.5. The van der Waals surface area contributed by atoms with Crippen LogP contribution < -0.4 is 5.32 Å². The molecule has 1 heterocycles. The maximum atomic E-state index is 12.6. The summed E-state index contributed by atoms with van der Waals surface area (Å²) in [6.07, 6.45) is 6.61. The van der Waals surface area contributed by atoms with Crippen LogP contribution in [0.4, 0.5) is 0 Å². The zero-order valence-electron chi connectivity index (χ0n) is 23.7. The van der Waals surface area contributed by atoms with Gasteiger partial charge in [0.15, 0.2) is 0 Å². The topological polar surface area (TPSA) is 38.3 Å². The molecule has 2 aromatic carbocycles. The van der Waals surface area contributed by atoms with Crippen LogP contribution in [0, 0.1) is 12.8 Å². The van der Waals surface area contributed by atoms with Crippen molar-refractivity contribution in [1.82, 2.24) is 5.32 Å². The van der Waals surface area contributed by atoms with E-state index in [2.05, 4.69) is 75.1 Å². The highest BCUT2D eigenvalue weighted by molar-refractivity contribution is 7.10. The van der Waals surface area contributed by atoms with Gasteiger partial charge < -0.3 is 10.1 Å². The molecule has 204 valence electrons. The molecule has 0 bridgehead atoms. The molecule has 3 rings (SSSR count). The van der Waals surface area contributed by atoms with Crippen molar-refractivity contribution in [1.29, 1.82) is 0 Å². The molecule has 4 heteroatoms. The molecule has 3 aromatic rings. The Morgan fingerprint density at radius 1 is 1.05 bits per heavy atom. The second kappa shape index (κ2) is 15.7. The van der Waals surface area contributed by atoms with Crippen molar-refractivity contribution in [3.8, 4) is 11.1 Å². The Kier molecular flexibility index (Phi) is 12.3. The number of aryl methyl sites for hydroxylation is 1. The number of rotatable bonds is 17. The molecule has 0 saturated carbocycles. The number of hydrogen-bond acceptors (Lipinski definition) is 4. The monoisotopic (exact) mass is 531 g/mol. The third-order valence-electron chi connectivity index (χ3n) is 7.34. The van der Waals surface area contributed by atoms with E-state index in [1.807, 2.05) is 24.6 Å². The number of unbranched alkanes of at least 4 members (excludes halogenated alkanes) is 1. The number of carbonyl (C=O) groups excluding carboxylic acids is 1. The first-order valence-corrected chi connectivity index (χ1v) is 15.0. The average molecular weight is 532 g/mol. The van der Waals surface area contributed by atoms with Crippen LogP contribution >= 0.6 is 11.3 Å². The predicted molar refractivity (Wildman–Crippen MR) is 164 cm³/mol. The summed E-state index contributed by atoms with van der Waals surface area (Å²) in [7, 11) is 2.01. The molecular weight excluding hydrogens is 486 g/mol. The van der Waals surface area contributed by atoms with Gasteiger partial charge in [0.1, 0.15) is 11.5 Å². The third-order valence-corrected chi connectivity index (χ3v) is 8.22. The van der Waals surface area contributed by atoms with Crippen LogP contribution in [-0.2, 0) is 16.0 Å². The molecular formula is C34H45NO2S. The number of thiophene rings is 1. The van der Waals surface area contributed by atoms with Crippen LogP contribution in [-0.4, -0.2) is 26.0 Å². The molecule has 2 atom stereocenters. The van der Waals surface area contributed by atoms with E-state index in [1.54, 1.807) is 11.3 Å². The summed E-state index contributed by atoms with van der Waals surface area (Å²) < 4.78 is 6.39. The fraction of sp³-hybridized carbons (Fsp3) is 0.441. The minimum Gasteiger partial charge on any atom is -0.493 e. The lowest BCUT2D eigenvalue weighted by Crippen LogP contribution is -2.17. The van der Waals surface area contributed by atoms with Gasteiger partial charge in [0.25, 0.3) is 0 Å². The lowest BCUT2D eigenvalue weighted by molar-refractivity contribution is -0.118. The number of ether oxygens (including phenoxy) is 1. The molecule has 1 N–H and O–H groups in total. The maximum absolute atomic E-state index is 12.6. The number of carbonyl (C=O) groups is 1. The van der Waals surface area contributed by atoms with Crippen LogP contribution in [0.3, 0.4) is 0 Å². The van der Waals surface area contributed by atoms with Crippen molar-refractivity contribution in [3.05, 3.63) is 88.1 Å². The van der Waals surface area contributed by atoms with E-state index < -0.39 is 0 Å². The van der Waals surface area contributed by atoms with Gasteiger partial charge in [-0.2, -0.15) is 0 Å². The van der Waals surface area contributed by atoms with Gasteiger partial charge in [-0.1, -0.05) is 81.3 Å². The molecule has 0 aliphatic rings. The maximum Gasteiger partial charge on any atom is 0.138 e. The van der Waals surface area contributed by atoms with Gasteiger partial charge in [0, 0.05) is 23.3 Å². The molecule has 0 aliphatic carbocycles. The Balaban J connectivity index is 1.77. The van der Waals surface area contributed by atoms with E-state index in [9.17, 15) is 4.79 Å². The van der Waals surface area contributed by atoms with Gasteiger partial charge in [-0.3, -0.25) is 4.79 Å². The summed E-state index contributed by atoms with van der Waals surface area (Å²) in [5.41, 5.74) is 5.86. The Hall–Kier alpha value is -2.69. The van der Waals surface area contributed by atoms with E-state index in [-0.39, 0.29) is 5.92 Å². The summed E-state index contributed by atoms with van der Waals surface area (Å²) in [6.45, 7) is 12.6. The van der Waals surface area contributed by atoms with Crippen LogP contribution in [0.25, 0.3) is 16.9 Å². The van der Waals surface area contributed by atoms with Crippen molar-refractivity contribution in [2.45, 2.75) is 71.6 Å². The van der Waals surface area contributed by atoms with Crippen molar-refractivity contribution >= 4 is 22.9 Å². The summed E-state index contributed by atoms with van der Waals surface area (Å²) >= 11 is 1.65. The molecule has 0 radical (unpaired) electrons. The van der Waals surface area contributed by atoms with Crippen LogP contribution in [0.15, 0.2) is 66.6 Å². The zero-order chi connectivity index (χ0) is 27.3. The van der Waals surface area contributed by atoms with E-state index in [0.29, 0.717) is 31.1 Å². The highest BCUT2D eigenvalue weighted by atomic mass is 32.1. The van der Waals surface area contributed by atoms with Crippen LogP contribution in [0.5, 0.6) is 0 Å². The Labute approximate surface area is 234 Å². The predicted octanol–water partition coefficient (Wildman–Crippen LogP) is 8.82. The lowest BCUT2D eigenvalue weighted by atomic mass is 9.88. The van der Waals surface area contributed by atoms with Gasteiger partial charge >= 0.3 is 0 Å². The van der Waals surface area contributed by atoms with Crippen molar-refractivity contribution < 1.29 is 9.53 Å². The molecule has 0 saturated heterocycles. The van der Waals surface area contributed by atoms with Gasteiger partial charge in [-0.15, -0.1) is 11.3 Å². The Morgan fingerprint density at radius 3 is 2.50 bits per heavy atom. The molecule has 38 heavy (non-hydrogen) atoms. The number of hydrogen-bond donors (Lipinski definition) is 1. The van der Waals surface area contributed by atoms with Crippen LogP contribution in [0.2, 0.25) is 0 Å². The van der Waals surface area contributed by atoms with E-state index in [1.165, 1.54) is 36.0 Å². The number of nitrogens with one attached hydrogen (secondary N) is 1. The van der Waals surface area contributed by atoms with E-state index in [0.717, 1.165) is 41.1 Å². The lowest BCUT2D eigenvalue weighted by Gasteiger charge is -2.22. The van der Waals surface area contributed by atoms with E-state index in [4.69, 9.17) is 4.74 Å². The molecule has 0 fully saturated rings. The molecule has 2 unspecified atom stereocenters. The fourth-order valence-corrected chi connectivity index (χ4v) is 5.56. The fourth-order valence-electron chi connectivity index (χ4n) is 4.83. The van der Waals surface area contributed by atoms with Crippen LogP contribution in [0.1, 0.15) is 79.9 Å². The number of ketones is 1. The largest absolute Gasteiger partial charge is 0.493 e. The van der Waals surface area contributed by atoms with Gasteiger partial charge in [-0.05, 0) is 85.8 Å². The molecule has 0 amide bonds. The number of benzene rings is 2. The average Bonchev–Trinajstić information content (AvgIpc) is 3.44. The summed E-state index contributed by atoms with van der Waals surface area (Å²) in [4.78, 5) is 13.8. The minimum absolute atomic E-state index is 0.227. The SMILES string of the molecule is C=C(OCC(CCCC)CCNC)c1cc(-c2ccc(C)cc2)ccc1C(C)CCC(=O)Cc1cccs1. The number of Topliss-reactive ketones (excluding diaryl/α,β-unsaturated/α-hetero) is 1.